The van der Waals surface area contributed by atoms with E-state index < -0.39 is 11.4 Å². The Bertz CT molecular complexity index is 378. The highest BCUT2D eigenvalue weighted by atomic mass is 16.4. The maximum absolute atomic E-state index is 12.3. The Kier molecular flexibility index (Phi) is 3.05. The molecule has 92 valence electrons. The third-order valence-corrected chi connectivity index (χ3v) is 3.74. The highest BCUT2D eigenvalue weighted by molar-refractivity contribution is 6.03. The molecule has 0 atom stereocenters. The van der Waals surface area contributed by atoms with Gasteiger partial charge in [0.1, 0.15) is 5.41 Å². The van der Waals surface area contributed by atoms with Gasteiger partial charge in [0.15, 0.2) is 0 Å². The SMILES string of the molecule is N#CCCN(C(=O)C1(C(=O)O)CCC1)C1CC1. The number of carboxylic acid groups (broad SMARTS) is 1. The fourth-order valence-electron chi connectivity index (χ4n) is 2.33. The third-order valence-electron chi connectivity index (χ3n) is 3.74. The molecule has 0 saturated heterocycles. The van der Waals surface area contributed by atoms with Crippen molar-refractivity contribution in [2.45, 2.75) is 44.6 Å². The fourth-order valence-corrected chi connectivity index (χ4v) is 2.33. The first kappa shape index (κ1) is 11.9. The van der Waals surface area contributed by atoms with Gasteiger partial charge in [-0.05, 0) is 25.7 Å². The maximum Gasteiger partial charge on any atom is 0.319 e. The van der Waals surface area contributed by atoms with Crippen LogP contribution in [-0.4, -0.2) is 34.5 Å². The van der Waals surface area contributed by atoms with E-state index in [9.17, 15) is 14.7 Å². The number of carbonyl (C=O) groups is 2. The molecule has 0 aromatic heterocycles. The lowest BCUT2D eigenvalue weighted by Crippen LogP contribution is -2.53. The summed E-state index contributed by atoms with van der Waals surface area (Å²) in [5, 5.41) is 17.8. The number of nitrogens with zero attached hydrogens (tertiary/aromatic N) is 2. The molecule has 2 aliphatic rings. The Hall–Kier alpha value is -1.57. The first-order valence-electron chi connectivity index (χ1n) is 6.03. The number of hydrogen-bond donors (Lipinski definition) is 1. The molecule has 0 heterocycles. The minimum Gasteiger partial charge on any atom is -0.480 e. The standard InChI is InChI=1S/C12H16N2O3/c13-7-2-8-14(9-3-4-9)10(15)12(11(16)17)5-1-6-12/h9H,1-6,8H2,(H,16,17). The van der Waals surface area contributed by atoms with E-state index in [0.29, 0.717) is 19.4 Å². The van der Waals surface area contributed by atoms with Crippen molar-refractivity contribution in [2.75, 3.05) is 6.54 Å². The van der Waals surface area contributed by atoms with Crippen molar-refractivity contribution in [1.29, 1.82) is 5.26 Å². The molecule has 5 heteroatoms. The van der Waals surface area contributed by atoms with Crippen molar-refractivity contribution < 1.29 is 14.7 Å². The molecule has 2 saturated carbocycles. The molecular weight excluding hydrogens is 220 g/mol. The predicted octanol–water partition coefficient (Wildman–Crippen LogP) is 1.15. The maximum atomic E-state index is 12.3. The van der Waals surface area contributed by atoms with Crippen LogP contribution in [0.25, 0.3) is 0 Å². The first-order valence-corrected chi connectivity index (χ1v) is 6.03. The van der Waals surface area contributed by atoms with Gasteiger partial charge in [-0.1, -0.05) is 6.42 Å². The van der Waals surface area contributed by atoms with E-state index in [4.69, 9.17) is 5.26 Å². The van der Waals surface area contributed by atoms with Gasteiger partial charge in [-0.15, -0.1) is 0 Å². The molecule has 2 aliphatic carbocycles. The summed E-state index contributed by atoms with van der Waals surface area (Å²) >= 11 is 0. The van der Waals surface area contributed by atoms with Crippen molar-refractivity contribution in [1.82, 2.24) is 4.90 Å². The van der Waals surface area contributed by atoms with Crippen LogP contribution in [0.3, 0.4) is 0 Å². The summed E-state index contributed by atoms with van der Waals surface area (Å²) in [6, 6.07) is 2.18. The topological polar surface area (TPSA) is 81.4 Å². The summed E-state index contributed by atoms with van der Waals surface area (Å²) < 4.78 is 0. The van der Waals surface area contributed by atoms with Gasteiger partial charge in [-0.2, -0.15) is 5.26 Å². The molecule has 1 N–H and O–H groups in total. The van der Waals surface area contributed by atoms with Crippen LogP contribution in [0.1, 0.15) is 38.5 Å². The summed E-state index contributed by atoms with van der Waals surface area (Å²) in [5.74, 6) is -1.27. The van der Waals surface area contributed by atoms with Crippen molar-refractivity contribution >= 4 is 11.9 Å². The second-order valence-corrected chi connectivity index (χ2v) is 4.88. The number of aliphatic carboxylic acids is 1. The lowest BCUT2D eigenvalue weighted by Gasteiger charge is -2.40. The van der Waals surface area contributed by atoms with Gasteiger partial charge >= 0.3 is 5.97 Å². The zero-order valence-electron chi connectivity index (χ0n) is 9.69. The van der Waals surface area contributed by atoms with E-state index >= 15 is 0 Å². The third kappa shape index (κ3) is 1.99. The lowest BCUT2D eigenvalue weighted by molar-refractivity contribution is -0.167. The number of carboxylic acids is 1. The molecule has 2 fully saturated rings. The highest BCUT2D eigenvalue weighted by Gasteiger charge is 2.54. The highest BCUT2D eigenvalue weighted by Crippen LogP contribution is 2.44. The van der Waals surface area contributed by atoms with Crippen LogP contribution >= 0.6 is 0 Å². The van der Waals surface area contributed by atoms with E-state index in [1.807, 2.05) is 6.07 Å². The van der Waals surface area contributed by atoms with E-state index in [2.05, 4.69) is 0 Å². The number of amides is 1. The normalized spacial score (nSPS) is 21.1. The van der Waals surface area contributed by atoms with Crippen LogP contribution in [-0.2, 0) is 9.59 Å². The molecule has 0 aliphatic heterocycles. The van der Waals surface area contributed by atoms with Crippen molar-refractivity contribution in [3.63, 3.8) is 0 Å². The van der Waals surface area contributed by atoms with Gasteiger partial charge in [-0.3, -0.25) is 9.59 Å². The molecule has 0 spiro atoms. The van der Waals surface area contributed by atoms with Crippen LogP contribution < -0.4 is 0 Å². The van der Waals surface area contributed by atoms with Crippen LogP contribution in [0.4, 0.5) is 0 Å². The summed E-state index contributed by atoms with van der Waals surface area (Å²) in [6.45, 7) is 0.370. The monoisotopic (exact) mass is 236 g/mol. The number of carbonyl (C=O) groups excluding carboxylic acids is 1. The molecule has 1 amide bonds. The summed E-state index contributed by atoms with van der Waals surface area (Å²) in [6.07, 6.45) is 3.83. The predicted molar refractivity (Wildman–Crippen MR) is 58.9 cm³/mol. The van der Waals surface area contributed by atoms with Gasteiger partial charge < -0.3 is 10.0 Å². The Balaban J connectivity index is 2.10. The molecule has 0 aromatic rings. The Morgan fingerprint density at radius 1 is 1.41 bits per heavy atom. The second kappa shape index (κ2) is 4.36. The van der Waals surface area contributed by atoms with Crippen LogP contribution in [0, 0.1) is 16.7 Å². The molecule has 0 unspecified atom stereocenters. The quantitative estimate of drug-likeness (QED) is 0.726. The Morgan fingerprint density at radius 2 is 2.06 bits per heavy atom. The van der Waals surface area contributed by atoms with E-state index in [0.717, 1.165) is 19.3 Å². The van der Waals surface area contributed by atoms with Gasteiger partial charge in [0.25, 0.3) is 0 Å². The lowest BCUT2D eigenvalue weighted by atomic mass is 9.67. The van der Waals surface area contributed by atoms with Crippen molar-refractivity contribution in [3.8, 4) is 6.07 Å². The number of hydrogen-bond acceptors (Lipinski definition) is 3. The van der Waals surface area contributed by atoms with E-state index in [1.54, 1.807) is 4.90 Å². The van der Waals surface area contributed by atoms with Crippen molar-refractivity contribution in [3.05, 3.63) is 0 Å². The number of rotatable bonds is 5. The van der Waals surface area contributed by atoms with Gasteiger partial charge in [0.05, 0.1) is 12.5 Å². The summed E-state index contributed by atoms with van der Waals surface area (Å²) in [4.78, 5) is 25.2. The van der Waals surface area contributed by atoms with Crippen LogP contribution in [0.2, 0.25) is 0 Å². The Morgan fingerprint density at radius 3 is 2.41 bits per heavy atom. The first-order chi connectivity index (χ1) is 8.12. The minimum absolute atomic E-state index is 0.174. The summed E-state index contributed by atoms with van der Waals surface area (Å²) in [7, 11) is 0. The molecule has 0 radical (unpaired) electrons. The van der Waals surface area contributed by atoms with Crippen molar-refractivity contribution in [2.24, 2.45) is 5.41 Å². The zero-order chi connectivity index (χ0) is 12.5. The largest absolute Gasteiger partial charge is 0.480 e. The molecule has 0 aromatic carbocycles. The van der Waals surface area contributed by atoms with E-state index in [-0.39, 0.29) is 18.4 Å². The molecule has 17 heavy (non-hydrogen) atoms. The number of nitriles is 1. The minimum atomic E-state index is -1.18. The second-order valence-electron chi connectivity index (χ2n) is 4.88. The fraction of sp³-hybridized carbons (Fsp3) is 0.750. The molecule has 0 bridgehead atoms. The van der Waals surface area contributed by atoms with Crippen LogP contribution in [0.15, 0.2) is 0 Å². The van der Waals surface area contributed by atoms with E-state index in [1.165, 1.54) is 0 Å². The van der Waals surface area contributed by atoms with Gasteiger partial charge in [0.2, 0.25) is 5.91 Å². The van der Waals surface area contributed by atoms with Crippen LogP contribution in [0.5, 0.6) is 0 Å². The van der Waals surface area contributed by atoms with Gasteiger partial charge in [-0.25, -0.2) is 0 Å². The molecular formula is C12H16N2O3. The Labute approximate surface area is 100 Å². The smallest absolute Gasteiger partial charge is 0.319 e. The molecule has 2 rings (SSSR count). The summed E-state index contributed by atoms with van der Waals surface area (Å²) in [5.41, 5.74) is -1.18. The average Bonchev–Trinajstić information content (AvgIpc) is 3.00. The average molecular weight is 236 g/mol. The molecule has 5 nitrogen and oxygen atoms in total. The van der Waals surface area contributed by atoms with Gasteiger partial charge in [0, 0.05) is 12.6 Å². The zero-order valence-corrected chi connectivity index (χ0v) is 9.69.